The van der Waals surface area contributed by atoms with Gasteiger partial charge >= 0.3 is 6.03 Å². The van der Waals surface area contributed by atoms with Crippen LogP contribution in [0.15, 0.2) is 24.3 Å². The van der Waals surface area contributed by atoms with Gasteiger partial charge in [-0.1, -0.05) is 12.1 Å². The minimum Gasteiger partial charge on any atom is -0.463 e. The molecule has 0 unspecified atom stereocenters. The number of ether oxygens (including phenoxy) is 1. The van der Waals surface area contributed by atoms with Gasteiger partial charge in [0.05, 0.1) is 6.04 Å². The lowest BCUT2D eigenvalue weighted by molar-refractivity contribution is -0.129. The molecule has 3 amide bonds. The minimum absolute atomic E-state index is 0.185. The molecule has 8 heteroatoms. The molecule has 1 rings (SSSR count). The number of carbonyl (C=O) groups excluding carboxylic acids is 3. The molecule has 0 spiro atoms. The van der Waals surface area contributed by atoms with Crippen LogP contribution in [0.5, 0.6) is 0 Å². The quantitative estimate of drug-likeness (QED) is 0.378. The Kier molecular flexibility index (Phi) is 7.41. The van der Waals surface area contributed by atoms with E-state index in [-0.39, 0.29) is 12.5 Å². The minimum atomic E-state index is -0.673. The van der Waals surface area contributed by atoms with Crippen molar-refractivity contribution in [3.8, 4) is 0 Å². The second-order valence-corrected chi connectivity index (χ2v) is 4.63. The molecule has 6 N–H and O–H groups in total. The second-order valence-electron chi connectivity index (χ2n) is 4.63. The molecule has 0 bridgehead atoms. The van der Waals surface area contributed by atoms with Gasteiger partial charge in [0.2, 0.25) is 5.91 Å². The Balaban J connectivity index is 2.36. The average Bonchev–Trinajstić information content (AvgIpc) is 2.50. The molecule has 0 aliphatic carbocycles. The molecule has 1 aromatic carbocycles. The molecule has 1 atom stereocenters. The number of carbonyl (C=O) groups is 3. The Labute approximate surface area is 128 Å². The van der Waals surface area contributed by atoms with Crippen molar-refractivity contribution in [3.63, 3.8) is 0 Å². The molecule has 120 valence electrons. The van der Waals surface area contributed by atoms with E-state index in [9.17, 15) is 14.4 Å². The maximum absolute atomic E-state index is 11.9. The normalized spacial score (nSPS) is 11.3. The molecular formula is C14H20N4O4. The maximum Gasteiger partial charge on any atom is 0.312 e. The monoisotopic (exact) mass is 308 g/mol. The summed E-state index contributed by atoms with van der Waals surface area (Å²) < 4.78 is 4.62. The third-order valence-electron chi connectivity index (χ3n) is 2.87. The summed E-state index contributed by atoms with van der Waals surface area (Å²) in [4.78, 5) is 32.5. The first-order chi connectivity index (χ1) is 10.5. The Morgan fingerprint density at radius 2 is 1.95 bits per heavy atom. The number of rotatable bonds is 9. The third kappa shape index (κ3) is 6.71. The Bertz CT molecular complexity index is 504. The Hall–Kier alpha value is -2.61. The van der Waals surface area contributed by atoms with Crippen LogP contribution >= 0.6 is 0 Å². The van der Waals surface area contributed by atoms with Crippen LogP contribution in [0.25, 0.3) is 0 Å². The van der Waals surface area contributed by atoms with Gasteiger partial charge in [0, 0.05) is 12.2 Å². The summed E-state index contributed by atoms with van der Waals surface area (Å²) in [7, 11) is 0. The SMILES string of the molecule is NC(=O)NCCC[C@H](N)C(=O)Nc1ccc(COC=O)cc1. The van der Waals surface area contributed by atoms with Crippen LogP contribution in [0.2, 0.25) is 0 Å². The van der Waals surface area contributed by atoms with E-state index in [2.05, 4.69) is 15.4 Å². The third-order valence-corrected chi connectivity index (χ3v) is 2.87. The van der Waals surface area contributed by atoms with Crippen LogP contribution in [0.4, 0.5) is 10.5 Å². The van der Waals surface area contributed by atoms with Gasteiger partial charge in [-0.25, -0.2) is 4.79 Å². The van der Waals surface area contributed by atoms with Crippen molar-refractivity contribution in [3.05, 3.63) is 29.8 Å². The van der Waals surface area contributed by atoms with E-state index >= 15 is 0 Å². The molecule has 8 nitrogen and oxygen atoms in total. The zero-order valence-electron chi connectivity index (χ0n) is 12.1. The van der Waals surface area contributed by atoms with Gasteiger partial charge in [0.1, 0.15) is 6.61 Å². The molecule has 0 aliphatic rings. The van der Waals surface area contributed by atoms with Gasteiger partial charge in [-0.05, 0) is 30.5 Å². The molecule has 0 fully saturated rings. The number of nitrogens with two attached hydrogens (primary N) is 2. The van der Waals surface area contributed by atoms with E-state index in [0.29, 0.717) is 31.5 Å². The summed E-state index contributed by atoms with van der Waals surface area (Å²) >= 11 is 0. The number of urea groups is 1. The number of nitrogens with one attached hydrogen (secondary N) is 2. The highest BCUT2D eigenvalue weighted by Crippen LogP contribution is 2.11. The summed E-state index contributed by atoms with van der Waals surface area (Å²) in [5.74, 6) is -0.309. The Morgan fingerprint density at radius 1 is 1.27 bits per heavy atom. The highest BCUT2D eigenvalue weighted by Gasteiger charge is 2.13. The van der Waals surface area contributed by atoms with Gasteiger partial charge in [0.15, 0.2) is 0 Å². The lowest BCUT2D eigenvalue weighted by Gasteiger charge is -2.12. The zero-order valence-corrected chi connectivity index (χ0v) is 12.1. The van der Waals surface area contributed by atoms with E-state index in [0.717, 1.165) is 5.56 Å². The van der Waals surface area contributed by atoms with E-state index < -0.39 is 12.1 Å². The smallest absolute Gasteiger partial charge is 0.312 e. The van der Waals surface area contributed by atoms with E-state index in [1.54, 1.807) is 24.3 Å². The first-order valence-corrected chi connectivity index (χ1v) is 6.77. The lowest BCUT2D eigenvalue weighted by atomic mass is 10.1. The molecular weight excluding hydrogens is 288 g/mol. The fourth-order valence-electron chi connectivity index (χ4n) is 1.71. The van der Waals surface area contributed by atoms with Crippen LogP contribution in [0.3, 0.4) is 0 Å². The van der Waals surface area contributed by atoms with Gasteiger partial charge < -0.3 is 26.8 Å². The van der Waals surface area contributed by atoms with Crippen molar-refractivity contribution in [2.24, 2.45) is 11.5 Å². The van der Waals surface area contributed by atoms with Crippen LogP contribution < -0.4 is 22.1 Å². The average molecular weight is 308 g/mol. The maximum atomic E-state index is 11.9. The second kappa shape index (κ2) is 9.35. The van der Waals surface area contributed by atoms with E-state index in [4.69, 9.17) is 11.5 Å². The summed E-state index contributed by atoms with van der Waals surface area (Å²) in [5, 5.41) is 5.12. The molecule has 0 radical (unpaired) electrons. The topological polar surface area (TPSA) is 137 Å². The number of amides is 3. The molecule has 22 heavy (non-hydrogen) atoms. The van der Waals surface area contributed by atoms with Gasteiger partial charge in [-0.3, -0.25) is 9.59 Å². The summed E-state index contributed by atoms with van der Waals surface area (Å²) in [5.41, 5.74) is 12.1. The molecule has 1 aromatic rings. The van der Waals surface area contributed by atoms with Crippen molar-refractivity contribution < 1.29 is 19.1 Å². The van der Waals surface area contributed by atoms with E-state index in [1.165, 1.54) is 0 Å². The van der Waals surface area contributed by atoms with Crippen LogP contribution in [-0.2, 0) is 20.9 Å². The van der Waals surface area contributed by atoms with Crippen molar-refractivity contribution in [2.45, 2.75) is 25.5 Å². The van der Waals surface area contributed by atoms with Crippen molar-refractivity contribution in [1.82, 2.24) is 5.32 Å². The zero-order chi connectivity index (χ0) is 16.4. The largest absolute Gasteiger partial charge is 0.463 e. The molecule has 0 aromatic heterocycles. The Morgan fingerprint density at radius 3 is 2.55 bits per heavy atom. The molecule has 0 saturated heterocycles. The fourth-order valence-corrected chi connectivity index (χ4v) is 1.71. The fraction of sp³-hybridized carbons (Fsp3) is 0.357. The van der Waals surface area contributed by atoms with Crippen LogP contribution in [-0.4, -0.2) is 31.0 Å². The van der Waals surface area contributed by atoms with Gasteiger partial charge in [-0.2, -0.15) is 0 Å². The number of anilines is 1. The van der Waals surface area contributed by atoms with Crippen molar-refractivity contribution in [2.75, 3.05) is 11.9 Å². The number of benzene rings is 1. The van der Waals surface area contributed by atoms with Gasteiger partial charge in [0.25, 0.3) is 6.47 Å². The number of hydrogen-bond acceptors (Lipinski definition) is 5. The molecule has 0 saturated carbocycles. The molecule has 0 aliphatic heterocycles. The predicted octanol–water partition coefficient (Wildman–Crippen LogP) is 0.0739. The first kappa shape index (κ1) is 17.4. The summed E-state index contributed by atoms with van der Waals surface area (Å²) in [6, 6.07) is 5.60. The highest BCUT2D eigenvalue weighted by atomic mass is 16.5. The van der Waals surface area contributed by atoms with Crippen molar-refractivity contribution in [1.29, 1.82) is 0 Å². The van der Waals surface area contributed by atoms with E-state index in [1.807, 2.05) is 0 Å². The highest BCUT2D eigenvalue weighted by molar-refractivity contribution is 5.94. The molecule has 0 heterocycles. The van der Waals surface area contributed by atoms with Crippen LogP contribution in [0.1, 0.15) is 18.4 Å². The van der Waals surface area contributed by atoms with Gasteiger partial charge in [-0.15, -0.1) is 0 Å². The van der Waals surface area contributed by atoms with Crippen molar-refractivity contribution >= 4 is 24.1 Å². The summed E-state index contributed by atoms with van der Waals surface area (Å²) in [6.07, 6.45) is 0.983. The first-order valence-electron chi connectivity index (χ1n) is 6.77. The number of hydrogen-bond donors (Lipinski definition) is 4. The standard InChI is InChI=1S/C14H20N4O4/c15-12(2-1-7-17-14(16)21)13(20)18-11-5-3-10(4-6-11)8-22-9-19/h3-6,9,12H,1-2,7-8,15H2,(H,18,20)(H3,16,17,21)/t12-/m0/s1. The lowest BCUT2D eigenvalue weighted by Crippen LogP contribution is -2.37. The summed E-state index contributed by atoms with van der Waals surface area (Å²) in [6.45, 7) is 0.938. The number of primary amides is 1. The van der Waals surface area contributed by atoms with Crippen LogP contribution in [0, 0.1) is 0 Å². The predicted molar refractivity (Wildman–Crippen MR) is 80.7 cm³/mol.